The van der Waals surface area contributed by atoms with Gasteiger partial charge in [0.15, 0.2) is 5.75 Å². The number of aromatic hydroxyl groups is 1. The number of nitrogens with zero attached hydrogens (tertiary/aromatic N) is 3. The highest BCUT2D eigenvalue weighted by Gasteiger charge is 2.34. The summed E-state index contributed by atoms with van der Waals surface area (Å²) in [6, 6.07) is 14.3. The van der Waals surface area contributed by atoms with Crippen molar-refractivity contribution >= 4 is 23.0 Å². The van der Waals surface area contributed by atoms with Gasteiger partial charge in [-0.25, -0.2) is 9.36 Å². The molecule has 4 rings (SSSR count). The fraction of sp³-hybridized carbons (Fsp3) is 0.320. The van der Waals surface area contributed by atoms with Gasteiger partial charge in [0, 0.05) is 28.2 Å². The van der Waals surface area contributed by atoms with E-state index in [1.54, 1.807) is 26.2 Å². The van der Waals surface area contributed by atoms with E-state index in [0.29, 0.717) is 5.92 Å². The molecule has 2 aromatic carbocycles. The maximum atomic E-state index is 13.3. The zero-order valence-corrected chi connectivity index (χ0v) is 19.7. The summed E-state index contributed by atoms with van der Waals surface area (Å²) < 4.78 is 2.45. The van der Waals surface area contributed by atoms with Gasteiger partial charge in [0.2, 0.25) is 0 Å². The first-order chi connectivity index (χ1) is 16.2. The molecular formula is C25H29N5O4. The third kappa shape index (κ3) is 4.28. The largest absolute Gasteiger partial charge is 0.505 e. The number of carbonyl (C=O) groups excluding carboxylic acids is 1. The highest BCUT2D eigenvalue weighted by atomic mass is 16.3. The van der Waals surface area contributed by atoms with E-state index in [1.165, 1.54) is 34.4 Å². The van der Waals surface area contributed by atoms with Gasteiger partial charge in [-0.05, 0) is 36.5 Å². The summed E-state index contributed by atoms with van der Waals surface area (Å²) in [5.74, 6) is -0.329. The number of benzene rings is 2. The number of para-hydroxylation sites is 1. The molecule has 1 fully saturated rings. The van der Waals surface area contributed by atoms with Crippen molar-refractivity contribution in [3.05, 3.63) is 80.4 Å². The fourth-order valence-electron chi connectivity index (χ4n) is 3.97. The van der Waals surface area contributed by atoms with Gasteiger partial charge in [0.1, 0.15) is 11.4 Å². The Bertz CT molecular complexity index is 1340. The van der Waals surface area contributed by atoms with Crippen molar-refractivity contribution in [1.82, 2.24) is 14.3 Å². The average molecular weight is 464 g/mol. The number of phenolic OH excluding ortho intramolecular Hbond substituents is 1. The standard InChI is InChI=1S/C25H29N5O4/c1-28(2)23(32)17-11-8-12-18(22(17)31)26-20-21(25(34)30(4)29(3)24(20)33)27-19(16-13-14-16)15-9-6-5-7-10-15/h5-12,16,19,26-27,31H,13-14H2,1-4H3/t19-/m0/s1. The number of anilines is 3. The van der Waals surface area contributed by atoms with Crippen molar-refractivity contribution in [1.29, 1.82) is 0 Å². The molecule has 1 heterocycles. The highest BCUT2D eigenvalue weighted by molar-refractivity contribution is 5.98. The van der Waals surface area contributed by atoms with Gasteiger partial charge in [0.25, 0.3) is 17.0 Å². The number of phenols is 1. The highest BCUT2D eigenvalue weighted by Crippen LogP contribution is 2.43. The quantitative estimate of drug-likeness (QED) is 0.465. The molecule has 0 unspecified atom stereocenters. The molecule has 3 aromatic rings. The third-order valence-corrected chi connectivity index (χ3v) is 6.20. The maximum Gasteiger partial charge on any atom is 0.290 e. The van der Waals surface area contributed by atoms with Crippen LogP contribution in [0.15, 0.2) is 58.1 Å². The molecule has 1 aliphatic rings. The van der Waals surface area contributed by atoms with Gasteiger partial charge < -0.3 is 20.6 Å². The first kappa shape index (κ1) is 23.2. The zero-order chi connectivity index (χ0) is 24.6. The summed E-state index contributed by atoms with van der Waals surface area (Å²) in [7, 11) is 6.20. The maximum absolute atomic E-state index is 13.3. The van der Waals surface area contributed by atoms with E-state index in [9.17, 15) is 19.5 Å². The molecule has 1 amide bonds. The SMILES string of the molecule is CN(C)C(=O)c1cccc(Nc2c(N[C@@H](c3ccccc3)C3CC3)c(=O)n(C)n(C)c2=O)c1O. The van der Waals surface area contributed by atoms with Crippen LogP contribution in [-0.4, -0.2) is 39.4 Å². The summed E-state index contributed by atoms with van der Waals surface area (Å²) in [5, 5.41) is 17.1. The minimum absolute atomic E-state index is 0.0110. The van der Waals surface area contributed by atoms with Crippen molar-refractivity contribution < 1.29 is 9.90 Å². The lowest BCUT2D eigenvalue weighted by Gasteiger charge is -2.23. The van der Waals surface area contributed by atoms with Crippen LogP contribution in [0.2, 0.25) is 0 Å². The van der Waals surface area contributed by atoms with Crippen molar-refractivity contribution in [2.24, 2.45) is 20.0 Å². The summed E-state index contributed by atoms with van der Waals surface area (Å²) in [6.07, 6.45) is 2.05. The third-order valence-electron chi connectivity index (χ3n) is 6.20. The number of carbonyl (C=O) groups is 1. The molecule has 3 N–H and O–H groups in total. The molecule has 9 nitrogen and oxygen atoms in total. The van der Waals surface area contributed by atoms with Crippen LogP contribution in [0.25, 0.3) is 0 Å². The molecule has 9 heteroatoms. The minimum atomic E-state index is -0.448. The first-order valence-corrected chi connectivity index (χ1v) is 11.1. The second-order valence-corrected chi connectivity index (χ2v) is 8.80. The van der Waals surface area contributed by atoms with E-state index in [4.69, 9.17) is 0 Å². The minimum Gasteiger partial charge on any atom is -0.505 e. The smallest absolute Gasteiger partial charge is 0.290 e. The summed E-state index contributed by atoms with van der Waals surface area (Å²) in [6.45, 7) is 0. The van der Waals surface area contributed by atoms with E-state index < -0.39 is 5.56 Å². The average Bonchev–Trinajstić information content (AvgIpc) is 3.67. The van der Waals surface area contributed by atoms with E-state index in [1.807, 2.05) is 30.3 Å². The molecule has 1 aliphatic carbocycles. The Kier molecular flexibility index (Phi) is 6.19. The molecule has 34 heavy (non-hydrogen) atoms. The fourth-order valence-corrected chi connectivity index (χ4v) is 3.97. The molecule has 0 radical (unpaired) electrons. The van der Waals surface area contributed by atoms with E-state index >= 15 is 0 Å². The molecule has 1 saturated carbocycles. The van der Waals surface area contributed by atoms with Crippen molar-refractivity contribution in [3.63, 3.8) is 0 Å². The lowest BCUT2D eigenvalue weighted by Crippen LogP contribution is -2.38. The summed E-state index contributed by atoms with van der Waals surface area (Å²) in [5.41, 5.74) is 0.573. The number of nitrogens with one attached hydrogen (secondary N) is 2. The molecule has 0 spiro atoms. The Labute approximate surface area is 197 Å². The lowest BCUT2D eigenvalue weighted by atomic mass is 10.0. The Morgan fingerprint density at radius 3 is 2.18 bits per heavy atom. The monoisotopic (exact) mass is 463 g/mol. The van der Waals surface area contributed by atoms with Crippen LogP contribution in [0.4, 0.5) is 17.1 Å². The molecule has 178 valence electrons. The molecule has 0 bridgehead atoms. The van der Waals surface area contributed by atoms with Crippen LogP contribution in [0.1, 0.15) is 34.8 Å². The van der Waals surface area contributed by atoms with E-state index in [2.05, 4.69) is 10.6 Å². The van der Waals surface area contributed by atoms with Crippen LogP contribution in [0.5, 0.6) is 5.75 Å². The molecule has 0 aliphatic heterocycles. The summed E-state index contributed by atoms with van der Waals surface area (Å²) in [4.78, 5) is 40.3. The topological polar surface area (TPSA) is 109 Å². The Balaban J connectivity index is 1.82. The van der Waals surface area contributed by atoms with Gasteiger partial charge >= 0.3 is 0 Å². The van der Waals surface area contributed by atoms with Crippen molar-refractivity contribution in [3.8, 4) is 5.75 Å². The van der Waals surface area contributed by atoms with Crippen LogP contribution in [-0.2, 0) is 14.1 Å². The van der Waals surface area contributed by atoms with Gasteiger partial charge in [-0.2, -0.15) is 0 Å². The number of aromatic nitrogens is 2. The molecular weight excluding hydrogens is 434 g/mol. The van der Waals surface area contributed by atoms with Crippen LogP contribution < -0.4 is 21.8 Å². The van der Waals surface area contributed by atoms with Crippen LogP contribution in [0.3, 0.4) is 0 Å². The number of hydrogen-bond donors (Lipinski definition) is 3. The van der Waals surface area contributed by atoms with Gasteiger partial charge in [0.05, 0.1) is 17.3 Å². The van der Waals surface area contributed by atoms with E-state index in [0.717, 1.165) is 18.4 Å². The first-order valence-electron chi connectivity index (χ1n) is 11.1. The van der Waals surface area contributed by atoms with Crippen LogP contribution >= 0.6 is 0 Å². The summed E-state index contributed by atoms with van der Waals surface area (Å²) >= 11 is 0. The van der Waals surface area contributed by atoms with Crippen LogP contribution in [0, 0.1) is 5.92 Å². The van der Waals surface area contributed by atoms with Gasteiger partial charge in [-0.3, -0.25) is 14.4 Å². The van der Waals surface area contributed by atoms with Crippen molar-refractivity contribution in [2.45, 2.75) is 18.9 Å². The Morgan fingerprint density at radius 2 is 1.59 bits per heavy atom. The number of hydrogen-bond acceptors (Lipinski definition) is 6. The lowest BCUT2D eigenvalue weighted by molar-refractivity contribution is 0.0824. The Morgan fingerprint density at radius 1 is 0.971 bits per heavy atom. The number of rotatable bonds is 7. The number of amides is 1. The van der Waals surface area contributed by atoms with E-state index in [-0.39, 0.29) is 45.9 Å². The zero-order valence-electron chi connectivity index (χ0n) is 19.7. The normalized spacial score (nSPS) is 13.9. The molecule has 1 aromatic heterocycles. The predicted octanol–water partition coefficient (Wildman–Crippen LogP) is 2.80. The molecule has 0 saturated heterocycles. The second kappa shape index (κ2) is 9.09. The predicted molar refractivity (Wildman–Crippen MR) is 132 cm³/mol. The Hall–Kier alpha value is -4.01. The second-order valence-electron chi connectivity index (χ2n) is 8.80. The molecule has 1 atom stereocenters. The van der Waals surface area contributed by atoms with Crippen molar-refractivity contribution in [2.75, 3.05) is 24.7 Å². The van der Waals surface area contributed by atoms with Gasteiger partial charge in [-0.1, -0.05) is 36.4 Å². The van der Waals surface area contributed by atoms with Gasteiger partial charge in [-0.15, -0.1) is 0 Å².